The first-order valence-electron chi connectivity index (χ1n) is 9.17. The van der Waals surface area contributed by atoms with Crippen molar-refractivity contribution in [3.8, 4) is 0 Å². The third-order valence-electron chi connectivity index (χ3n) is 4.67. The second kappa shape index (κ2) is 7.35. The number of carbonyl (C=O) groups is 1. The van der Waals surface area contributed by atoms with Crippen molar-refractivity contribution >= 4 is 16.8 Å². The summed E-state index contributed by atoms with van der Waals surface area (Å²) in [6.07, 6.45) is 0. The first kappa shape index (κ1) is 18.8. The minimum atomic E-state index is -0.186. The van der Waals surface area contributed by atoms with Crippen molar-refractivity contribution in [3.05, 3.63) is 75.8 Å². The van der Waals surface area contributed by atoms with Crippen LogP contribution in [-0.2, 0) is 12.0 Å². The predicted molar refractivity (Wildman–Crippen MR) is 108 cm³/mol. The molecule has 0 spiro atoms. The lowest BCUT2D eigenvalue weighted by Crippen LogP contribution is -2.32. The Labute approximate surface area is 159 Å². The van der Waals surface area contributed by atoms with Crippen molar-refractivity contribution in [1.82, 2.24) is 14.9 Å². The average molecular weight is 363 g/mol. The highest BCUT2D eigenvalue weighted by Gasteiger charge is 2.18. The van der Waals surface area contributed by atoms with Crippen LogP contribution in [0.3, 0.4) is 0 Å². The van der Waals surface area contributed by atoms with Gasteiger partial charge in [-0.25, -0.2) is 4.98 Å². The van der Waals surface area contributed by atoms with Gasteiger partial charge in [-0.05, 0) is 42.2 Å². The van der Waals surface area contributed by atoms with E-state index in [4.69, 9.17) is 0 Å². The molecule has 0 saturated heterocycles. The number of para-hydroxylation sites is 1. The smallest absolute Gasteiger partial charge is 0.258 e. The zero-order valence-corrected chi connectivity index (χ0v) is 16.2. The van der Waals surface area contributed by atoms with Gasteiger partial charge in [-0.2, -0.15) is 0 Å². The van der Waals surface area contributed by atoms with E-state index in [1.165, 1.54) is 5.56 Å². The van der Waals surface area contributed by atoms with E-state index in [9.17, 15) is 9.59 Å². The molecule has 140 valence electrons. The van der Waals surface area contributed by atoms with Crippen LogP contribution < -0.4 is 5.56 Å². The van der Waals surface area contributed by atoms with Gasteiger partial charge in [0.2, 0.25) is 0 Å². The number of nitrogens with one attached hydrogen (secondary N) is 1. The Morgan fingerprint density at radius 3 is 2.37 bits per heavy atom. The number of fused-ring (bicyclic) bond motifs is 1. The van der Waals surface area contributed by atoms with Gasteiger partial charge in [0, 0.05) is 12.1 Å². The van der Waals surface area contributed by atoms with Crippen molar-refractivity contribution in [1.29, 1.82) is 0 Å². The lowest BCUT2D eigenvalue weighted by Gasteiger charge is -2.22. The molecule has 27 heavy (non-hydrogen) atoms. The van der Waals surface area contributed by atoms with Crippen LogP contribution >= 0.6 is 0 Å². The number of benzene rings is 2. The second-order valence-electron chi connectivity index (χ2n) is 7.68. The summed E-state index contributed by atoms with van der Waals surface area (Å²) >= 11 is 0. The van der Waals surface area contributed by atoms with Gasteiger partial charge in [-0.1, -0.05) is 45.0 Å². The highest BCUT2D eigenvalue weighted by molar-refractivity contribution is 5.94. The Morgan fingerprint density at radius 2 is 1.74 bits per heavy atom. The summed E-state index contributed by atoms with van der Waals surface area (Å²) in [5, 5.41) is 0.549. The van der Waals surface area contributed by atoms with E-state index in [0.717, 1.165) is 0 Å². The number of nitrogens with zero attached hydrogens (tertiary/aromatic N) is 2. The summed E-state index contributed by atoms with van der Waals surface area (Å²) in [4.78, 5) is 34.1. The Bertz CT molecular complexity index is 1010. The van der Waals surface area contributed by atoms with E-state index in [1.54, 1.807) is 17.0 Å². The summed E-state index contributed by atoms with van der Waals surface area (Å²) < 4.78 is 0. The van der Waals surface area contributed by atoms with Crippen LogP contribution in [-0.4, -0.2) is 27.3 Å². The van der Waals surface area contributed by atoms with Crippen LogP contribution in [0, 0.1) is 0 Å². The van der Waals surface area contributed by atoms with Gasteiger partial charge in [0.1, 0.15) is 5.82 Å². The van der Waals surface area contributed by atoms with Gasteiger partial charge in [0.25, 0.3) is 11.5 Å². The summed E-state index contributed by atoms with van der Waals surface area (Å²) in [6, 6.07) is 14.9. The molecule has 1 aromatic heterocycles. The molecule has 1 N–H and O–H groups in total. The normalized spacial score (nSPS) is 11.6. The number of aromatic nitrogens is 2. The molecule has 5 heteroatoms. The zero-order chi connectivity index (χ0) is 19.6. The zero-order valence-electron chi connectivity index (χ0n) is 16.2. The van der Waals surface area contributed by atoms with Gasteiger partial charge in [-0.15, -0.1) is 0 Å². The standard InChI is InChI=1S/C22H25N3O2/c1-5-25(21(27)15-10-12-16(13-11-15)22(2,3)4)14-19-23-18-9-7-6-8-17(18)20(26)24-19/h6-13H,5,14H2,1-4H3,(H,23,24,26). The molecule has 3 rings (SSSR count). The SMILES string of the molecule is CCN(Cc1nc2ccccc2c(=O)[nH]1)C(=O)c1ccc(C(C)(C)C)cc1. The summed E-state index contributed by atoms with van der Waals surface area (Å²) in [7, 11) is 0. The van der Waals surface area contributed by atoms with E-state index < -0.39 is 0 Å². The highest BCUT2D eigenvalue weighted by atomic mass is 16.2. The van der Waals surface area contributed by atoms with Crippen LogP contribution in [0.2, 0.25) is 0 Å². The van der Waals surface area contributed by atoms with E-state index in [1.807, 2.05) is 43.3 Å². The highest BCUT2D eigenvalue weighted by Crippen LogP contribution is 2.22. The van der Waals surface area contributed by atoms with Gasteiger partial charge in [0.05, 0.1) is 17.4 Å². The summed E-state index contributed by atoms with van der Waals surface area (Å²) in [5.41, 5.74) is 2.30. The Kier molecular flexibility index (Phi) is 5.13. The molecule has 0 bridgehead atoms. The van der Waals surface area contributed by atoms with E-state index >= 15 is 0 Å². The lowest BCUT2D eigenvalue weighted by molar-refractivity contribution is 0.0748. The van der Waals surface area contributed by atoms with E-state index in [2.05, 4.69) is 30.7 Å². The number of rotatable bonds is 4. The molecule has 0 unspecified atom stereocenters. The lowest BCUT2D eigenvalue weighted by atomic mass is 9.86. The quantitative estimate of drug-likeness (QED) is 0.765. The van der Waals surface area contributed by atoms with E-state index in [0.29, 0.717) is 28.8 Å². The fraction of sp³-hybridized carbons (Fsp3) is 0.318. The summed E-state index contributed by atoms with van der Waals surface area (Å²) in [6.45, 7) is 9.13. The van der Waals surface area contributed by atoms with Crippen LogP contribution in [0.5, 0.6) is 0 Å². The first-order valence-corrected chi connectivity index (χ1v) is 9.17. The topological polar surface area (TPSA) is 66.1 Å². The fourth-order valence-electron chi connectivity index (χ4n) is 3.01. The number of hydrogen-bond donors (Lipinski definition) is 1. The predicted octanol–water partition coefficient (Wildman–Crippen LogP) is 3.88. The maximum Gasteiger partial charge on any atom is 0.258 e. The van der Waals surface area contributed by atoms with Gasteiger partial charge in [0.15, 0.2) is 0 Å². The number of amides is 1. The maximum atomic E-state index is 12.9. The van der Waals surface area contributed by atoms with Gasteiger partial charge in [-0.3, -0.25) is 9.59 Å². The average Bonchev–Trinajstić information content (AvgIpc) is 2.65. The van der Waals surface area contributed by atoms with Crippen molar-refractivity contribution < 1.29 is 4.79 Å². The van der Waals surface area contributed by atoms with Gasteiger partial charge >= 0.3 is 0 Å². The van der Waals surface area contributed by atoms with Crippen LogP contribution in [0.1, 0.15) is 49.4 Å². The largest absolute Gasteiger partial charge is 0.331 e. The minimum Gasteiger partial charge on any atom is -0.331 e. The van der Waals surface area contributed by atoms with Crippen molar-refractivity contribution in [2.45, 2.75) is 39.7 Å². The molecule has 0 atom stereocenters. The molecular weight excluding hydrogens is 338 g/mol. The molecule has 1 heterocycles. The molecule has 0 saturated carbocycles. The van der Waals surface area contributed by atoms with E-state index in [-0.39, 0.29) is 23.4 Å². The fourth-order valence-corrected chi connectivity index (χ4v) is 3.01. The molecule has 0 radical (unpaired) electrons. The Morgan fingerprint density at radius 1 is 1.07 bits per heavy atom. The molecule has 2 aromatic carbocycles. The molecule has 0 aliphatic rings. The number of hydrogen-bond acceptors (Lipinski definition) is 3. The molecule has 3 aromatic rings. The van der Waals surface area contributed by atoms with Crippen molar-refractivity contribution in [2.75, 3.05) is 6.54 Å². The van der Waals surface area contributed by atoms with Crippen LogP contribution in [0.4, 0.5) is 0 Å². The third kappa shape index (κ3) is 4.08. The molecule has 5 nitrogen and oxygen atoms in total. The summed E-state index contributed by atoms with van der Waals surface area (Å²) in [5.74, 6) is 0.411. The van der Waals surface area contributed by atoms with Crippen molar-refractivity contribution in [2.24, 2.45) is 0 Å². The minimum absolute atomic E-state index is 0.0422. The molecule has 0 aliphatic heterocycles. The second-order valence-corrected chi connectivity index (χ2v) is 7.68. The third-order valence-corrected chi connectivity index (χ3v) is 4.67. The maximum absolute atomic E-state index is 12.9. The Hall–Kier alpha value is -2.95. The van der Waals surface area contributed by atoms with Crippen LogP contribution in [0.25, 0.3) is 10.9 Å². The molecule has 0 fully saturated rings. The molecular formula is C22H25N3O2. The Balaban J connectivity index is 1.85. The van der Waals surface area contributed by atoms with Crippen LogP contribution in [0.15, 0.2) is 53.3 Å². The molecule has 0 aliphatic carbocycles. The number of aromatic amines is 1. The first-order chi connectivity index (χ1) is 12.8. The monoisotopic (exact) mass is 363 g/mol. The number of carbonyl (C=O) groups excluding carboxylic acids is 1. The van der Waals surface area contributed by atoms with Crippen molar-refractivity contribution in [3.63, 3.8) is 0 Å². The van der Waals surface area contributed by atoms with Gasteiger partial charge < -0.3 is 9.88 Å². The number of H-pyrrole nitrogens is 1. The molecule has 1 amide bonds.